The van der Waals surface area contributed by atoms with Crippen LogP contribution in [0.4, 0.5) is 16.6 Å². The maximum absolute atomic E-state index is 13.0. The Hall–Kier alpha value is -3.84. The highest BCUT2D eigenvalue weighted by Crippen LogP contribution is 2.41. The Labute approximate surface area is 221 Å². The van der Waals surface area contributed by atoms with Crippen molar-refractivity contribution in [3.05, 3.63) is 23.3 Å². The second-order valence-corrected chi connectivity index (χ2v) is 10.3. The number of aliphatic carboxylic acids is 1. The quantitative estimate of drug-likeness (QED) is 0.0362. The topological polar surface area (TPSA) is 255 Å². The van der Waals surface area contributed by atoms with Crippen molar-refractivity contribution in [2.75, 3.05) is 41.2 Å². The summed E-state index contributed by atoms with van der Waals surface area (Å²) < 4.78 is 5.15. The Morgan fingerprint density at radius 1 is 1.38 bits per heavy atom. The number of nitrogens with two attached hydrogens (primary N) is 4. The number of hydrogen-bond acceptors (Lipinski definition) is 15. The molecule has 2 aromatic heterocycles. The van der Waals surface area contributed by atoms with Crippen LogP contribution in [0, 0.1) is 0 Å². The molecular weight excluding hydrogens is 546 g/mol. The zero-order chi connectivity index (χ0) is 26.9. The number of β-lactam (4-membered cyclic amide) rings is 1. The van der Waals surface area contributed by atoms with Crippen LogP contribution < -0.4 is 33.0 Å². The summed E-state index contributed by atoms with van der Waals surface area (Å²) >= 11 is 3.32. The largest absolute Gasteiger partial charge is 0.477 e. The van der Waals surface area contributed by atoms with Gasteiger partial charge in [-0.2, -0.15) is 9.36 Å². The zero-order valence-corrected chi connectivity index (χ0v) is 21.6. The Balaban J connectivity index is 1.50. The zero-order valence-electron chi connectivity index (χ0n) is 19.2. The van der Waals surface area contributed by atoms with Crippen LogP contribution in [0.25, 0.3) is 0 Å². The van der Waals surface area contributed by atoms with Crippen LogP contribution in [-0.2, 0) is 19.2 Å². The highest BCUT2D eigenvalue weighted by atomic mass is 32.2. The van der Waals surface area contributed by atoms with Crippen LogP contribution in [0.1, 0.15) is 12.7 Å². The van der Waals surface area contributed by atoms with Gasteiger partial charge in [0.15, 0.2) is 5.13 Å². The number of nitrogen functional groups attached to an aromatic ring is 4. The van der Waals surface area contributed by atoms with Crippen molar-refractivity contribution < 1.29 is 29.0 Å². The molecule has 0 spiro atoms. The fourth-order valence-corrected chi connectivity index (χ4v) is 6.22. The van der Waals surface area contributed by atoms with Gasteiger partial charge in [0.05, 0.1) is 0 Å². The molecule has 37 heavy (non-hydrogen) atoms. The number of thioether (sulfide) groups is 2. The number of nitrogens with zero attached hydrogens (tertiary/aromatic N) is 6. The molecule has 4 heterocycles. The summed E-state index contributed by atoms with van der Waals surface area (Å²) in [6.45, 7) is 1.86. The molecule has 2 atom stereocenters. The van der Waals surface area contributed by atoms with Gasteiger partial charge in [0.25, 0.3) is 17.6 Å². The van der Waals surface area contributed by atoms with E-state index in [0.29, 0.717) is 10.7 Å². The second-order valence-electron chi connectivity index (χ2n) is 7.49. The van der Waals surface area contributed by atoms with E-state index in [1.165, 1.54) is 22.6 Å². The second kappa shape index (κ2) is 10.6. The molecule has 16 nitrogen and oxygen atoms in total. The third-order valence-electron chi connectivity index (χ3n) is 5.08. The summed E-state index contributed by atoms with van der Waals surface area (Å²) in [6, 6.07) is -0.992. The molecule has 1 saturated heterocycles. The fourth-order valence-electron chi connectivity index (χ4n) is 3.40. The third-order valence-corrected chi connectivity index (χ3v) is 8.01. The molecular formula is C18H22N11O5S3+. The van der Waals surface area contributed by atoms with Crippen molar-refractivity contribution in [1.82, 2.24) is 24.6 Å². The van der Waals surface area contributed by atoms with Gasteiger partial charge in [-0.25, -0.2) is 4.79 Å². The summed E-state index contributed by atoms with van der Waals surface area (Å²) in [5.41, 5.74) is 17.3. The SMILES string of the molecule is CCO/N=C(\C(=O)NC1C(=O)N2C(C(=O)O)=C(CSc3nc(N)c(N)c[n+]3N)CS[C@H]12)c1nsc(N)n1. The molecule has 1 fully saturated rings. The number of hydrogen-bond donors (Lipinski definition) is 6. The van der Waals surface area contributed by atoms with Gasteiger partial charge < -0.3 is 32.5 Å². The minimum atomic E-state index is -1.27. The van der Waals surface area contributed by atoms with Gasteiger partial charge in [-0.3, -0.25) is 20.3 Å². The van der Waals surface area contributed by atoms with E-state index in [1.54, 1.807) is 6.92 Å². The average molecular weight is 569 g/mol. The maximum Gasteiger partial charge on any atom is 0.384 e. The molecule has 2 aliphatic heterocycles. The van der Waals surface area contributed by atoms with Crippen LogP contribution in [0.2, 0.25) is 0 Å². The van der Waals surface area contributed by atoms with Crippen LogP contribution in [0.3, 0.4) is 0 Å². The number of carbonyl (C=O) groups excluding carboxylic acids is 2. The van der Waals surface area contributed by atoms with Gasteiger partial charge in [0.1, 0.15) is 35.6 Å². The van der Waals surface area contributed by atoms with Crippen LogP contribution in [0.15, 0.2) is 27.8 Å². The van der Waals surface area contributed by atoms with E-state index in [4.69, 9.17) is 27.9 Å². The van der Waals surface area contributed by atoms with E-state index in [9.17, 15) is 19.5 Å². The minimum Gasteiger partial charge on any atom is -0.477 e. The maximum atomic E-state index is 13.0. The number of fused-ring (bicyclic) bond motifs is 1. The lowest BCUT2D eigenvalue weighted by Gasteiger charge is -2.49. The van der Waals surface area contributed by atoms with Crippen LogP contribution >= 0.6 is 35.1 Å². The van der Waals surface area contributed by atoms with E-state index >= 15 is 0 Å². The van der Waals surface area contributed by atoms with E-state index < -0.39 is 29.2 Å². The van der Waals surface area contributed by atoms with Gasteiger partial charge >= 0.3 is 11.1 Å². The van der Waals surface area contributed by atoms with E-state index in [-0.39, 0.29) is 52.0 Å². The van der Waals surface area contributed by atoms with Crippen molar-refractivity contribution in [3.8, 4) is 0 Å². The first-order valence-corrected chi connectivity index (χ1v) is 13.3. The fraction of sp³-hybridized carbons (Fsp3) is 0.333. The van der Waals surface area contributed by atoms with Crippen molar-refractivity contribution in [3.63, 3.8) is 0 Å². The highest BCUT2D eigenvalue weighted by molar-refractivity contribution is 8.01. The molecule has 0 aromatic carbocycles. The Morgan fingerprint density at radius 3 is 2.78 bits per heavy atom. The monoisotopic (exact) mass is 568 g/mol. The summed E-state index contributed by atoms with van der Waals surface area (Å²) in [5, 5.41) is 16.0. The number of carbonyl (C=O) groups is 3. The van der Waals surface area contributed by atoms with Crippen molar-refractivity contribution >= 4 is 75.2 Å². The van der Waals surface area contributed by atoms with Gasteiger partial charge in [0.2, 0.25) is 11.5 Å². The first kappa shape index (κ1) is 26.2. The number of amides is 2. The summed E-state index contributed by atoms with van der Waals surface area (Å²) in [6.07, 6.45) is 1.40. The number of anilines is 3. The molecule has 0 aliphatic carbocycles. The van der Waals surface area contributed by atoms with Crippen molar-refractivity contribution in [2.45, 2.75) is 23.5 Å². The number of carboxylic acids is 1. The Kier molecular flexibility index (Phi) is 7.55. The molecule has 0 radical (unpaired) electrons. The number of nitrogens with one attached hydrogen (secondary N) is 1. The van der Waals surface area contributed by atoms with Gasteiger partial charge in [0, 0.05) is 23.0 Å². The number of carboxylic acid groups (broad SMARTS) is 1. The molecule has 2 aliphatic rings. The van der Waals surface area contributed by atoms with Gasteiger partial charge in [-0.15, -0.1) is 16.4 Å². The predicted octanol–water partition coefficient (Wildman–Crippen LogP) is -2.05. The van der Waals surface area contributed by atoms with Crippen LogP contribution in [-0.4, -0.2) is 77.4 Å². The Morgan fingerprint density at radius 2 is 2.14 bits per heavy atom. The van der Waals surface area contributed by atoms with Crippen LogP contribution in [0.5, 0.6) is 0 Å². The lowest BCUT2D eigenvalue weighted by atomic mass is 10.0. The molecule has 1 unspecified atom stereocenters. The molecule has 0 bridgehead atoms. The highest BCUT2D eigenvalue weighted by Gasteiger charge is 2.54. The normalized spacial score (nSPS) is 19.3. The standard InChI is InChI=1S/C18H21N11O5S3/c1-2-34-26-8(12-25-17(21)37-27-12)13(30)23-9-14(31)29-10(16(32)33)6(4-35-15(9)29)5-36-18-24-11(20)7(19)3-28(18)22/h3,9,15,20H,2,4-5,19,22H2,1H3,(H4,21,23,25,27,30,32,33)/p+1/b26-8-/t9?,15-/m1/s1. The average Bonchev–Trinajstić information content (AvgIpc) is 3.29. The molecule has 2 amide bonds. The first-order chi connectivity index (χ1) is 17.6. The lowest BCUT2D eigenvalue weighted by molar-refractivity contribution is -0.681. The summed E-state index contributed by atoms with van der Waals surface area (Å²) in [5.74, 6) is 3.76. The summed E-state index contributed by atoms with van der Waals surface area (Å²) in [7, 11) is 0. The van der Waals surface area contributed by atoms with Gasteiger partial charge in [-0.1, -0.05) is 5.16 Å². The lowest BCUT2D eigenvalue weighted by Crippen LogP contribution is -2.71. The molecule has 10 N–H and O–H groups in total. The molecule has 19 heteroatoms. The predicted molar refractivity (Wildman–Crippen MR) is 136 cm³/mol. The minimum absolute atomic E-state index is 0.0483. The third kappa shape index (κ3) is 5.18. The Bertz CT molecular complexity index is 1330. The van der Waals surface area contributed by atoms with E-state index in [0.717, 1.165) is 28.2 Å². The van der Waals surface area contributed by atoms with Crippen molar-refractivity contribution in [1.29, 1.82) is 0 Å². The number of rotatable bonds is 9. The molecule has 2 aromatic rings. The van der Waals surface area contributed by atoms with Gasteiger partial charge in [-0.05, 0) is 29.2 Å². The molecule has 196 valence electrons. The molecule has 4 rings (SSSR count). The van der Waals surface area contributed by atoms with E-state index in [2.05, 4.69) is 24.8 Å². The number of aromatic nitrogens is 4. The molecule has 0 saturated carbocycles. The number of oxime groups is 1. The first-order valence-electron chi connectivity index (χ1n) is 10.5. The van der Waals surface area contributed by atoms with Crippen molar-refractivity contribution in [2.24, 2.45) is 5.16 Å². The summed E-state index contributed by atoms with van der Waals surface area (Å²) in [4.78, 5) is 52.2. The van der Waals surface area contributed by atoms with E-state index in [1.807, 2.05) is 0 Å². The smallest absolute Gasteiger partial charge is 0.384 e.